The van der Waals surface area contributed by atoms with Crippen LogP contribution in [0.15, 0.2) is 0 Å². The van der Waals surface area contributed by atoms with Crippen LogP contribution in [-0.4, -0.2) is 48.3 Å². The van der Waals surface area contributed by atoms with Gasteiger partial charge in [0.05, 0.1) is 48.1 Å². The maximum absolute atomic E-state index is 12.0. The molecule has 6 atom stereocenters. The Labute approximate surface area is 231 Å². The standard InChI is InChI=1S/C31H44O8/c1-31(2,17-3-7-19(8-4-17)36-21-11-13-23-25(15-21)29(34)38-27(23)32)18-5-9-20(10-6-18)37-22-12-14-24-26(16-22)30(35)39-28(24)33/h17-26H,3-16H2,1-2H3. The summed E-state index contributed by atoms with van der Waals surface area (Å²) < 4.78 is 22.7. The molecule has 0 aromatic heterocycles. The molecule has 2 heterocycles. The Hall–Kier alpha value is -1.80. The molecule has 8 heteroatoms. The Morgan fingerprint density at radius 1 is 0.487 bits per heavy atom. The number of carbonyl (C=O) groups excluding carboxylic acids is 4. The third-order valence-corrected chi connectivity index (χ3v) is 11.4. The summed E-state index contributed by atoms with van der Waals surface area (Å²) in [5, 5.41) is 0. The minimum absolute atomic E-state index is 0.0596. The van der Waals surface area contributed by atoms with Crippen molar-refractivity contribution in [2.24, 2.45) is 40.9 Å². The van der Waals surface area contributed by atoms with Gasteiger partial charge >= 0.3 is 23.9 Å². The van der Waals surface area contributed by atoms with Gasteiger partial charge in [-0.2, -0.15) is 0 Å². The number of rotatable bonds is 6. The predicted octanol–water partition coefficient (Wildman–Crippen LogP) is 4.90. The van der Waals surface area contributed by atoms with E-state index in [0.717, 1.165) is 38.5 Å². The summed E-state index contributed by atoms with van der Waals surface area (Å²) in [6.07, 6.45) is 13.9. The summed E-state index contributed by atoms with van der Waals surface area (Å²) in [5.41, 5.74) is 0.272. The minimum Gasteiger partial charge on any atom is -0.393 e. The molecule has 8 nitrogen and oxygen atoms in total. The van der Waals surface area contributed by atoms with Gasteiger partial charge in [-0.25, -0.2) is 0 Å². The number of cyclic esters (lactones) is 4. The van der Waals surface area contributed by atoms with Crippen molar-refractivity contribution in [3.05, 3.63) is 0 Å². The van der Waals surface area contributed by atoms with Crippen molar-refractivity contribution in [2.75, 3.05) is 0 Å². The lowest BCUT2D eigenvalue weighted by molar-refractivity contribution is -0.155. The molecule has 2 aliphatic heterocycles. The highest BCUT2D eigenvalue weighted by Gasteiger charge is 2.50. The van der Waals surface area contributed by atoms with Gasteiger partial charge in [0, 0.05) is 0 Å². The van der Waals surface area contributed by atoms with E-state index >= 15 is 0 Å². The Bertz CT molecular complexity index is 897. The van der Waals surface area contributed by atoms with Gasteiger partial charge in [0.25, 0.3) is 0 Å². The van der Waals surface area contributed by atoms with Crippen molar-refractivity contribution in [1.29, 1.82) is 0 Å². The molecule has 0 spiro atoms. The minimum atomic E-state index is -0.355. The summed E-state index contributed by atoms with van der Waals surface area (Å²) in [5.74, 6) is -1.13. The van der Waals surface area contributed by atoms with E-state index in [1.807, 2.05) is 0 Å². The van der Waals surface area contributed by atoms with Crippen LogP contribution >= 0.6 is 0 Å². The molecule has 4 saturated carbocycles. The van der Waals surface area contributed by atoms with Crippen LogP contribution in [0.5, 0.6) is 0 Å². The number of carbonyl (C=O) groups is 4. The highest BCUT2D eigenvalue weighted by Crippen LogP contribution is 2.50. The van der Waals surface area contributed by atoms with E-state index in [2.05, 4.69) is 13.8 Å². The van der Waals surface area contributed by atoms with E-state index in [1.54, 1.807) is 0 Å². The topological polar surface area (TPSA) is 105 Å². The smallest absolute Gasteiger partial charge is 0.317 e. The summed E-state index contributed by atoms with van der Waals surface area (Å²) in [6, 6.07) is 0. The molecule has 4 aliphatic carbocycles. The van der Waals surface area contributed by atoms with E-state index in [-0.39, 0.29) is 77.4 Å². The zero-order valence-corrected chi connectivity index (χ0v) is 23.4. The first kappa shape index (κ1) is 27.4. The van der Waals surface area contributed by atoms with Crippen molar-refractivity contribution < 1.29 is 38.1 Å². The molecule has 0 bridgehead atoms. The first-order valence-electron chi connectivity index (χ1n) is 15.5. The molecule has 216 valence electrons. The fourth-order valence-corrected chi connectivity index (χ4v) is 8.86. The summed E-state index contributed by atoms with van der Waals surface area (Å²) in [4.78, 5) is 47.7. The lowest BCUT2D eigenvalue weighted by Gasteiger charge is -2.47. The largest absolute Gasteiger partial charge is 0.393 e. The number of hydrogen-bond donors (Lipinski definition) is 0. The number of esters is 4. The zero-order valence-electron chi connectivity index (χ0n) is 23.4. The second-order valence-corrected chi connectivity index (χ2v) is 13.8. The van der Waals surface area contributed by atoms with Gasteiger partial charge in [0.2, 0.25) is 0 Å². The van der Waals surface area contributed by atoms with Crippen LogP contribution < -0.4 is 0 Å². The van der Waals surface area contributed by atoms with Gasteiger partial charge in [0.1, 0.15) is 0 Å². The van der Waals surface area contributed by atoms with Gasteiger partial charge in [-0.15, -0.1) is 0 Å². The monoisotopic (exact) mass is 544 g/mol. The van der Waals surface area contributed by atoms with Gasteiger partial charge in [-0.05, 0) is 107 Å². The summed E-state index contributed by atoms with van der Waals surface area (Å²) in [6.45, 7) is 4.91. The summed E-state index contributed by atoms with van der Waals surface area (Å²) >= 11 is 0. The maximum atomic E-state index is 12.0. The lowest BCUT2D eigenvalue weighted by Crippen LogP contribution is -2.41. The summed E-state index contributed by atoms with van der Waals surface area (Å²) in [7, 11) is 0. The molecule has 0 amide bonds. The van der Waals surface area contributed by atoms with Crippen molar-refractivity contribution in [2.45, 2.75) is 128 Å². The van der Waals surface area contributed by atoms with Crippen LogP contribution in [0, 0.1) is 40.9 Å². The SMILES string of the molecule is CC(C)(C1CCC(OC2CCC3C(=O)OC(=O)C3C2)CC1)C1CCC(OC2CCC3C(=O)OC(=O)C3C2)CC1. The Kier molecular flexibility index (Phi) is 7.64. The van der Waals surface area contributed by atoms with Crippen molar-refractivity contribution in [3.8, 4) is 0 Å². The second kappa shape index (κ2) is 10.9. The quantitative estimate of drug-likeness (QED) is 0.343. The molecule has 0 N–H and O–H groups in total. The van der Waals surface area contributed by atoms with Crippen LogP contribution in [0.4, 0.5) is 0 Å². The molecule has 0 aromatic carbocycles. The predicted molar refractivity (Wildman–Crippen MR) is 139 cm³/mol. The Morgan fingerprint density at radius 3 is 1.21 bits per heavy atom. The molecular weight excluding hydrogens is 500 g/mol. The highest BCUT2D eigenvalue weighted by atomic mass is 16.6. The van der Waals surface area contributed by atoms with Crippen molar-refractivity contribution >= 4 is 23.9 Å². The maximum Gasteiger partial charge on any atom is 0.317 e. The Morgan fingerprint density at radius 2 is 0.821 bits per heavy atom. The fourth-order valence-electron chi connectivity index (χ4n) is 8.86. The zero-order chi connectivity index (χ0) is 27.3. The number of ether oxygens (including phenoxy) is 4. The molecule has 2 saturated heterocycles. The van der Waals surface area contributed by atoms with Crippen LogP contribution in [0.3, 0.4) is 0 Å². The van der Waals surface area contributed by atoms with Gasteiger partial charge < -0.3 is 18.9 Å². The lowest BCUT2D eigenvalue weighted by atomic mass is 9.60. The molecule has 39 heavy (non-hydrogen) atoms. The van der Waals surface area contributed by atoms with Gasteiger partial charge in [0.15, 0.2) is 0 Å². The van der Waals surface area contributed by atoms with E-state index in [4.69, 9.17) is 18.9 Å². The van der Waals surface area contributed by atoms with Crippen LogP contribution in [-0.2, 0) is 38.1 Å². The van der Waals surface area contributed by atoms with E-state index in [9.17, 15) is 19.2 Å². The molecular formula is C31H44O8. The first-order chi connectivity index (χ1) is 18.7. The van der Waals surface area contributed by atoms with Crippen molar-refractivity contribution in [1.82, 2.24) is 0 Å². The third-order valence-electron chi connectivity index (χ3n) is 11.4. The van der Waals surface area contributed by atoms with E-state index < -0.39 is 0 Å². The highest BCUT2D eigenvalue weighted by molar-refractivity contribution is 5.97. The fraction of sp³-hybridized carbons (Fsp3) is 0.871. The molecule has 6 unspecified atom stereocenters. The van der Waals surface area contributed by atoms with Crippen LogP contribution in [0.1, 0.15) is 104 Å². The molecule has 0 aromatic rings. The van der Waals surface area contributed by atoms with Crippen LogP contribution in [0.25, 0.3) is 0 Å². The second-order valence-electron chi connectivity index (χ2n) is 13.8. The van der Waals surface area contributed by atoms with Crippen molar-refractivity contribution in [3.63, 3.8) is 0 Å². The molecule has 6 rings (SSSR count). The molecule has 6 fully saturated rings. The van der Waals surface area contributed by atoms with Crippen LogP contribution in [0.2, 0.25) is 0 Å². The van der Waals surface area contributed by atoms with Gasteiger partial charge in [-0.1, -0.05) is 13.8 Å². The Balaban J connectivity index is 0.930. The van der Waals surface area contributed by atoms with Gasteiger partial charge in [-0.3, -0.25) is 19.2 Å². The molecule has 0 radical (unpaired) electrons. The third kappa shape index (κ3) is 5.44. The van der Waals surface area contributed by atoms with E-state index in [1.165, 1.54) is 25.7 Å². The molecule has 6 aliphatic rings. The number of hydrogen-bond acceptors (Lipinski definition) is 8. The normalized spacial score (nSPS) is 43.0. The van der Waals surface area contributed by atoms with E-state index in [0.29, 0.717) is 37.5 Å². The first-order valence-corrected chi connectivity index (χ1v) is 15.5. The number of fused-ring (bicyclic) bond motifs is 2. The average molecular weight is 545 g/mol. The average Bonchev–Trinajstić information content (AvgIpc) is 3.37.